The Hall–Kier alpha value is -1.12. The van der Waals surface area contributed by atoms with E-state index in [-0.39, 0.29) is 0 Å². The maximum absolute atomic E-state index is 4.72. The molecular formula is C12H17N3. The first-order valence-electron chi connectivity index (χ1n) is 5.87. The number of fused-ring (bicyclic) bond motifs is 1. The lowest BCUT2D eigenvalue weighted by Gasteiger charge is -2.08. The van der Waals surface area contributed by atoms with E-state index in [1.807, 2.05) is 7.05 Å². The van der Waals surface area contributed by atoms with E-state index in [1.54, 1.807) is 0 Å². The van der Waals surface area contributed by atoms with Crippen LogP contribution in [-0.2, 0) is 12.8 Å². The SMILES string of the molecule is CNc1nc(C2CC2C)nc2c1CCC2. The fourth-order valence-electron chi connectivity index (χ4n) is 2.51. The van der Waals surface area contributed by atoms with Crippen molar-refractivity contribution in [3.05, 3.63) is 17.1 Å². The van der Waals surface area contributed by atoms with Crippen LogP contribution in [-0.4, -0.2) is 17.0 Å². The normalized spacial score (nSPS) is 27.6. The third-order valence-corrected chi connectivity index (χ3v) is 3.63. The van der Waals surface area contributed by atoms with E-state index in [0.29, 0.717) is 5.92 Å². The van der Waals surface area contributed by atoms with Crippen LogP contribution >= 0.6 is 0 Å². The predicted molar refractivity (Wildman–Crippen MR) is 60.1 cm³/mol. The predicted octanol–water partition coefficient (Wildman–Crippen LogP) is 2.13. The second-order valence-electron chi connectivity index (χ2n) is 4.78. The van der Waals surface area contributed by atoms with Gasteiger partial charge in [0.1, 0.15) is 11.6 Å². The van der Waals surface area contributed by atoms with Gasteiger partial charge in [0.15, 0.2) is 0 Å². The first-order chi connectivity index (χ1) is 7.29. The largest absolute Gasteiger partial charge is 0.373 e. The van der Waals surface area contributed by atoms with Crippen LogP contribution in [0.25, 0.3) is 0 Å². The van der Waals surface area contributed by atoms with Gasteiger partial charge in [-0.3, -0.25) is 0 Å². The van der Waals surface area contributed by atoms with Gasteiger partial charge in [-0.1, -0.05) is 6.92 Å². The maximum atomic E-state index is 4.72. The zero-order chi connectivity index (χ0) is 10.4. The molecular weight excluding hydrogens is 186 g/mol. The molecule has 1 heterocycles. The topological polar surface area (TPSA) is 37.8 Å². The van der Waals surface area contributed by atoms with Crippen molar-refractivity contribution in [2.75, 3.05) is 12.4 Å². The lowest BCUT2D eigenvalue weighted by atomic mass is 10.2. The van der Waals surface area contributed by atoms with Gasteiger partial charge in [0.2, 0.25) is 0 Å². The molecule has 1 N–H and O–H groups in total. The standard InChI is InChI=1S/C12H17N3/c1-7-6-9(7)12-14-10-5-3-4-8(10)11(13-2)15-12/h7,9H,3-6H2,1-2H3,(H,13,14,15). The van der Waals surface area contributed by atoms with Gasteiger partial charge in [-0.25, -0.2) is 9.97 Å². The van der Waals surface area contributed by atoms with Crippen molar-refractivity contribution in [1.82, 2.24) is 9.97 Å². The molecule has 0 spiro atoms. The van der Waals surface area contributed by atoms with Crippen LogP contribution in [0.1, 0.15) is 42.8 Å². The zero-order valence-corrected chi connectivity index (χ0v) is 9.38. The fraction of sp³-hybridized carbons (Fsp3) is 0.667. The number of nitrogens with zero attached hydrogens (tertiary/aromatic N) is 2. The number of aryl methyl sites for hydroxylation is 1. The van der Waals surface area contributed by atoms with E-state index < -0.39 is 0 Å². The highest BCUT2D eigenvalue weighted by Crippen LogP contribution is 2.46. The molecule has 15 heavy (non-hydrogen) atoms. The summed E-state index contributed by atoms with van der Waals surface area (Å²) in [5.41, 5.74) is 2.65. The van der Waals surface area contributed by atoms with Gasteiger partial charge in [0.25, 0.3) is 0 Å². The molecule has 0 amide bonds. The van der Waals surface area contributed by atoms with E-state index in [9.17, 15) is 0 Å². The van der Waals surface area contributed by atoms with E-state index in [1.165, 1.54) is 24.1 Å². The highest BCUT2D eigenvalue weighted by molar-refractivity contribution is 5.48. The van der Waals surface area contributed by atoms with Crippen LogP contribution in [0.2, 0.25) is 0 Å². The minimum Gasteiger partial charge on any atom is -0.373 e. The molecule has 0 aliphatic heterocycles. The first kappa shape index (κ1) is 9.13. The van der Waals surface area contributed by atoms with Crippen molar-refractivity contribution >= 4 is 5.82 Å². The molecule has 1 aromatic heterocycles. The summed E-state index contributed by atoms with van der Waals surface area (Å²) >= 11 is 0. The molecule has 1 fully saturated rings. The molecule has 2 atom stereocenters. The van der Waals surface area contributed by atoms with Gasteiger partial charge in [0, 0.05) is 24.2 Å². The highest BCUT2D eigenvalue weighted by Gasteiger charge is 2.37. The summed E-state index contributed by atoms with van der Waals surface area (Å²) in [5, 5.41) is 3.21. The number of anilines is 1. The van der Waals surface area contributed by atoms with Gasteiger partial charge in [-0.15, -0.1) is 0 Å². The first-order valence-corrected chi connectivity index (χ1v) is 5.87. The average Bonchev–Trinajstić information content (AvgIpc) is 2.79. The molecule has 3 rings (SSSR count). The third kappa shape index (κ3) is 1.41. The van der Waals surface area contributed by atoms with E-state index in [2.05, 4.69) is 17.2 Å². The van der Waals surface area contributed by atoms with Gasteiger partial charge < -0.3 is 5.32 Å². The number of hydrogen-bond donors (Lipinski definition) is 1. The summed E-state index contributed by atoms with van der Waals surface area (Å²) in [5.74, 6) is 3.57. The third-order valence-electron chi connectivity index (χ3n) is 3.63. The Kier molecular flexibility index (Phi) is 1.94. The molecule has 2 unspecified atom stereocenters. The summed E-state index contributed by atoms with van der Waals surface area (Å²) in [6.07, 6.45) is 4.79. The van der Waals surface area contributed by atoms with Crippen molar-refractivity contribution < 1.29 is 0 Å². The lowest BCUT2D eigenvalue weighted by molar-refractivity contribution is 0.823. The zero-order valence-electron chi connectivity index (χ0n) is 9.38. The molecule has 3 heteroatoms. The average molecular weight is 203 g/mol. The summed E-state index contributed by atoms with van der Waals surface area (Å²) in [6, 6.07) is 0. The van der Waals surface area contributed by atoms with Gasteiger partial charge >= 0.3 is 0 Å². The number of hydrogen-bond acceptors (Lipinski definition) is 3. The molecule has 0 radical (unpaired) electrons. The van der Waals surface area contributed by atoms with Crippen LogP contribution in [0.5, 0.6) is 0 Å². The summed E-state index contributed by atoms with van der Waals surface area (Å²) < 4.78 is 0. The van der Waals surface area contributed by atoms with E-state index in [4.69, 9.17) is 4.98 Å². The van der Waals surface area contributed by atoms with E-state index >= 15 is 0 Å². The van der Waals surface area contributed by atoms with Crippen molar-refractivity contribution in [3.8, 4) is 0 Å². The molecule has 0 bridgehead atoms. The molecule has 3 nitrogen and oxygen atoms in total. The minimum absolute atomic E-state index is 0.628. The molecule has 0 saturated heterocycles. The summed E-state index contributed by atoms with van der Waals surface area (Å²) in [4.78, 5) is 9.38. The lowest BCUT2D eigenvalue weighted by Crippen LogP contribution is -2.05. The number of aromatic nitrogens is 2. The Morgan fingerprint density at radius 1 is 1.27 bits per heavy atom. The van der Waals surface area contributed by atoms with Gasteiger partial charge in [-0.2, -0.15) is 0 Å². The molecule has 0 aromatic carbocycles. The number of rotatable bonds is 2. The molecule has 2 aliphatic carbocycles. The van der Waals surface area contributed by atoms with Crippen LogP contribution in [0.15, 0.2) is 0 Å². The van der Waals surface area contributed by atoms with Crippen LogP contribution in [0.3, 0.4) is 0 Å². The number of nitrogens with one attached hydrogen (secondary N) is 1. The smallest absolute Gasteiger partial charge is 0.134 e. The maximum Gasteiger partial charge on any atom is 0.134 e. The van der Waals surface area contributed by atoms with Crippen molar-refractivity contribution in [3.63, 3.8) is 0 Å². The molecule has 1 aromatic rings. The summed E-state index contributed by atoms with van der Waals surface area (Å²) in [6.45, 7) is 2.28. The second kappa shape index (κ2) is 3.19. The van der Waals surface area contributed by atoms with Crippen molar-refractivity contribution in [1.29, 1.82) is 0 Å². The molecule has 1 saturated carbocycles. The van der Waals surface area contributed by atoms with Crippen molar-refractivity contribution in [2.24, 2.45) is 5.92 Å². The summed E-state index contributed by atoms with van der Waals surface area (Å²) in [7, 11) is 1.96. The fourth-order valence-corrected chi connectivity index (χ4v) is 2.51. The second-order valence-corrected chi connectivity index (χ2v) is 4.78. The Balaban J connectivity index is 2.03. The molecule has 2 aliphatic rings. The van der Waals surface area contributed by atoms with Gasteiger partial charge in [-0.05, 0) is 31.6 Å². The van der Waals surface area contributed by atoms with Crippen molar-refractivity contribution in [2.45, 2.75) is 38.5 Å². The van der Waals surface area contributed by atoms with Crippen LogP contribution < -0.4 is 5.32 Å². The van der Waals surface area contributed by atoms with Gasteiger partial charge in [0.05, 0.1) is 0 Å². The Bertz CT molecular complexity index is 400. The van der Waals surface area contributed by atoms with Crippen LogP contribution in [0, 0.1) is 5.92 Å². The minimum atomic E-state index is 0.628. The van der Waals surface area contributed by atoms with E-state index in [0.717, 1.165) is 30.4 Å². The molecule has 80 valence electrons. The Morgan fingerprint density at radius 3 is 2.73 bits per heavy atom. The Labute approximate surface area is 90.3 Å². The van der Waals surface area contributed by atoms with Crippen LogP contribution in [0.4, 0.5) is 5.82 Å². The Morgan fingerprint density at radius 2 is 2.07 bits per heavy atom. The monoisotopic (exact) mass is 203 g/mol. The quantitative estimate of drug-likeness (QED) is 0.800. The highest BCUT2D eigenvalue weighted by atomic mass is 15.0.